The van der Waals surface area contributed by atoms with Gasteiger partial charge in [-0.25, -0.2) is 4.98 Å². The first-order valence-corrected chi connectivity index (χ1v) is 6.36. The summed E-state index contributed by atoms with van der Waals surface area (Å²) in [6.07, 6.45) is -0.251. The van der Waals surface area contributed by atoms with Crippen LogP contribution in [0.2, 0.25) is 0 Å². The minimum Gasteiger partial charge on any atom is -0.497 e. The largest absolute Gasteiger partial charge is 0.497 e. The average Bonchev–Trinajstić information content (AvgIpc) is 2.77. The molecule has 7 heteroatoms. The zero-order valence-electron chi connectivity index (χ0n) is 10.2. The second-order valence-corrected chi connectivity index (χ2v) is 4.83. The van der Waals surface area contributed by atoms with Crippen molar-refractivity contribution in [3.63, 3.8) is 0 Å². The first-order chi connectivity index (χ1) is 9.08. The molecule has 1 amide bonds. The quantitative estimate of drug-likeness (QED) is 0.875. The zero-order chi connectivity index (χ0) is 13.8. The van der Waals surface area contributed by atoms with Gasteiger partial charge in [0.05, 0.1) is 23.7 Å². The zero-order valence-corrected chi connectivity index (χ0v) is 11.0. The van der Waals surface area contributed by atoms with Crippen molar-refractivity contribution in [2.75, 3.05) is 12.4 Å². The molecule has 2 aromatic rings. The van der Waals surface area contributed by atoms with Gasteiger partial charge in [-0.1, -0.05) is 11.3 Å². The molecule has 0 aliphatic rings. The van der Waals surface area contributed by atoms with Crippen LogP contribution in [0.3, 0.4) is 0 Å². The number of rotatable bonds is 5. The maximum Gasteiger partial charge on any atom is 0.303 e. The topological polar surface area (TPSA) is 88.5 Å². The van der Waals surface area contributed by atoms with E-state index in [2.05, 4.69) is 10.3 Å². The molecule has 0 saturated heterocycles. The van der Waals surface area contributed by atoms with Gasteiger partial charge < -0.3 is 15.2 Å². The highest BCUT2D eigenvalue weighted by atomic mass is 32.1. The standard InChI is InChI=1S/C12H12N2O4S/c1-18-7-2-3-9-8(6-7)13-12(19-9)14-10(15)4-5-11(16)17/h2-3,6H,4-5H2,1H3,(H,16,17)(H,13,14,15). The minimum atomic E-state index is -0.996. The summed E-state index contributed by atoms with van der Waals surface area (Å²) in [5.74, 6) is -0.654. The molecule has 6 nitrogen and oxygen atoms in total. The number of hydrogen-bond donors (Lipinski definition) is 2. The van der Waals surface area contributed by atoms with Crippen molar-refractivity contribution < 1.29 is 19.4 Å². The Morgan fingerprint density at radius 1 is 1.42 bits per heavy atom. The van der Waals surface area contributed by atoms with Gasteiger partial charge in [0.2, 0.25) is 5.91 Å². The molecule has 19 heavy (non-hydrogen) atoms. The lowest BCUT2D eigenvalue weighted by Crippen LogP contribution is -2.12. The lowest BCUT2D eigenvalue weighted by atomic mass is 10.3. The monoisotopic (exact) mass is 280 g/mol. The van der Waals surface area contributed by atoms with E-state index in [1.54, 1.807) is 13.2 Å². The van der Waals surface area contributed by atoms with Crippen LogP contribution in [0, 0.1) is 0 Å². The van der Waals surface area contributed by atoms with E-state index >= 15 is 0 Å². The van der Waals surface area contributed by atoms with Crippen LogP contribution in [-0.4, -0.2) is 29.1 Å². The predicted molar refractivity (Wildman–Crippen MR) is 71.7 cm³/mol. The third-order valence-electron chi connectivity index (χ3n) is 2.41. The van der Waals surface area contributed by atoms with E-state index in [1.165, 1.54) is 11.3 Å². The normalized spacial score (nSPS) is 10.4. The van der Waals surface area contributed by atoms with Crippen LogP contribution in [-0.2, 0) is 9.59 Å². The Hall–Kier alpha value is -2.15. The van der Waals surface area contributed by atoms with Gasteiger partial charge in [-0.05, 0) is 12.1 Å². The molecule has 2 N–H and O–H groups in total. The van der Waals surface area contributed by atoms with E-state index in [9.17, 15) is 9.59 Å². The summed E-state index contributed by atoms with van der Waals surface area (Å²) in [5, 5.41) is 11.5. The Morgan fingerprint density at radius 2 is 2.21 bits per heavy atom. The third-order valence-corrected chi connectivity index (χ3v) is 3.36. The molecule has 0 atom stereocenters. The molecule has 0 unspecified atom stereocenters. The number of hydrogen-bond acceptors (Lipinski definition) is 5. The fraction of sp³-hybridized carbons (Fsp3) is 0.250. The Kier molecular flexibility index (Phi) is 3.96. The van der Waals surface area contributed by atoms with Crippen molar-refractivity contribution in [2.24, 2.45) is 0 Å². The van der Waals surface area contributed by atoms with Gasteiger partial charge in [-0.15, -0.1) is 0 Å². The number of methoxy groups -OCH3 is 1. The highest BCUT2D eigenvalue weighted by Gasteiger charge is 2.10. The molecule has 0 saturated carbocycles. The second kappa shape index (κ2) is 5.66. The summed E-state index contributed by atoms with van der Waals surface area (Å²) < 4.78 is 6.01. The number of carboxylic acid groups (broad SMARTS) is 1. The van der Waals surface area contributed by atoms with Crippen molar-refractivity contribution >= 4 is 38.6 Å². The smallest absolute Gasteiger partial charge is 0.303 e. The number of benzene rings is 1. The van der Waals surface area contributed by atoms with E-state index < -0.39 is 5.97 Å². The highest BCUT2D eigenvalue weighted by Crippen LogP contribution is 2.28. The number of ether oxygens (including phenoxy) is 1. The average molecular weight is 280 g/mol. The van der Waals surface area contributed by atoms with Crippen LogP contribution in [0.4, 0.5) is 5.13 Å². The first-order valence-electron chi connectivity index (χ1n) is 5.54. The SMILES string of the molecule is COc1ccc2sc(NC(=O)CCC(=O)O)nc2c1. The Morgan fingerprint density at radius 3 is 2.89 bits per heavy atom. The summed E-state index contributed by atoms with van der Waals surface area (Å²) in [6, 6.07) is 5.45. The Labute approximate surface area is 113 Å². The van der Waals surface area contributed by atoms with E-state index in [0.717, 1.165) is 10.2 Å². The fourth-order valence-corrected chi connectivity index (χ4v) is 2.35. The molecular formula is C12H12N2O4S. The molecule has 0 aliphatic carbocycles. The highest BCUT2D eigenvalue weighted by molar-refractivity contribution is 7.22. The number of thiazole rings is 1. The number of aliphatic carboxylic acids is 1. The maximum absolute atomic E-state index is 11.5. The predicted octanol–water partition coefficient (Wildman–Crippen LogP) is 2.11. The number of carbonyl (C=O) groups excluding carboxylic acids is 1. The number of carboxylic acids is 1. The van der Waals surface area contributed by atoms with Gasteiger partial charge in [0.15, 0.2) is 5.13 Å². The number of anilines is 1. The van der Waals surface area contributed by atoms with Gasteiger partial charge in [0, 0.05) is 12.5 Å². The number of carbonyl (C=O) groups is 2. The second-order valence-electron chi connectivity index (χ2n) is 3.79. The summed E-state index contributed by atoms with van der Waals surface area (Å²) in [6.45, 7) is 0. The lowest BCUT2D eigenvalue weighted by Gasteiger charge is -1.98. The molecule has 0 radical (unpaired) electrons. The molecule has 100 valence electrons. The van der Waals surface area contributed by atoms with Crippen LogP contribution in [0.25, 0.3) is 10.2 Å². The van der Waals surface area contributed by atoms with Gasteiger partial charge in [-0.3, -0.25) is 9.59 Å². The van der Waals surface area contributed by atoms with Crippen molar-refractivity contribution in [2.45, 2.75) is 12.8 Å². The lowest BCUT2D eigenvalue weighted by molar-refractivity contribution is -0.138. The molecule has 0 spiro atoms. The van der Waals surface area contributed by atoms with Gasteiger partial charge in [0.25, 0.3) is 0 Å². The maximum atomic E-state index is 11.5. The van der Waals surface area contributed by atoms with E-state index in [0.29, 0.717) is 10.9 Å². The summed E-state index contributed by atoms with van der Waals surface area (Å²) >= 11 is 1.33. The van der Waals surface area contributed by atoms with Crippen molar-refractivity contribution in [3.8, 4) is 5.75 Å². The van der Waals surface area contributed by atoms with Gasteiger partial charge >= 0.3 is 5.97 Å². The van der Waals surface area contributed by atoms with Gasteiger partial charge in [0.1, 0.15) is 5.75 Å². The molecule has 1 aromatic heterocycles. The minimum absolute atomic E-state index is 0.0609. The van der Waals surface area contributed by atoms with Gasteiger partial charge in [-0.2, -0.15) is 0 Å². The molecule has 1 heterocycles. The number of nitrogens with one attached hydrogen (secondary N) is 1. The summed E-state index contributed by atoms with van der Waals surface area (Å²) in [5.41, 5.74) is 0.734. The molecule has 0 aliphatic heterocycles. The Balaban J connectivity index is 2.08. The van der Waals surface area contributed by atoms with Crippen LogP contribution in [0.5, 0.6) is 5.75 Å². The van der Waals surface area contributed by atoms with E-state index in [-0.39, 0.29) is 18.7 Å². The van der Waals surface area contributed by atoms with E-state index in [1.807, 2.05) is 12.1 Å². The molecule has 0 fully saturated rings. The first kappa shape index (κ1) is 13.3. The number of aromatic nitrogens is 1. The molecule has 1 aromatic carbocycles. The van der Waals surface area contributed by atoms with Crippen LogP contribution in [0.1, 0.15) is 12.8 Å². The van der Waals surface area contributed by atoms with E-state index in [4.69, 9.17) is 9.84 Å². The van der Waals surface area contributed by atoms with Crippen LogP contribution >= 0.6 is 11.3 Å². The van der Waals surface area contributed by atoms with Crippen molar-refractivity contribution in [1.29, 1.82) is 0 Å². The fourth-order valence-electron chi connectivity index (χ4n) is 1.49. The third kappa shape index (κ3) is 3.41. The van der Waals surface area contributed by atoms with Crippen LogP contribution in [0.15, 0.2) is 18.2 Å². The molecule has 2 rings (SSSR count). The number of fused-ring (bicyclic) bond motifs is 1. The molecule has 0 bridgehead atoms. The van der Waals surface area contributed by atoms with Crippen LogP contribution < -0.4 is 10.1 Å². The number of amides is 1. The summed E-state index contributed by atoms with van der Waals surface area (Å²) in [4.78, 5) is 26.1. The number of nitrogens with zero attached hydrogens (tertiary/aromatic N) is 1. The van der Waals surface area contributed by atoms with Crippen molar-refractivity contribution in [3.05, 3.63) is 18.2 Å². The Bertz CT molecular complexity index is 623. The molecular weight excluding hydrogens is 268 g/mol. The summed E-state index contributed by atoms with van der Waals surface area (Å²) in [7, 11) is 1.57. The van der Waals surface area contributed by atoms with Crippen molar-refractivity contribution in [1.82, 2.24) is 4.98 Å².